The van der Waals surface area contributed by atoms with E-state index in [0.717, 1.165) is 5.75 Å². The molecule has 0 nitrogen and oxygen atoms in total. The van der Waals surface area contributed by atoms with Crippen LogP contribution in [0.1, 0.15) is 28.9 Å². The second-order valence-electron chi connectivity index (χ2n) is 4.10. The fourth-order valence-electron chi connectivity index (χ4n) is 2.04. The first-order valence-electron chi connectivity index (χ1n) is 6.05. The summed E-state index contributed by atoms with van der Waals surface area (Å²) in [4.78, 5) is 0. The van der Waals surface area contributed by atoms with Crippen molar-refractivity contribution in [3.05, 3.63) is 71.3 Å². The lowest BCUT2D eigenvalue weighted by Crippen LogP contribution is -1.99. The zero-order chi connectivity index (χ0) is 12.1. The molecule has 0 amide bonds. The Kier molecular flexibility index (Phi) is 4.27. The summed E-state index contributed by atoms with van der Waals surface area (Å²) >= 11 is 2.00. The second kappa shape index (κ2) is 5.92. The smallest absolute Gasteiger partial charge is 0.0549 e. The first-order chi connectivity index (χ1) is 8.33. The van der Waals surface area contributed by atoms with Crippen LogP contribution in [-0.4, -0.2) is 5.75 Å². The van der Waals surface area contributed by atoms with E-state index >= 15 is 0 Å². The molecule has 2 rings (SSSR count). The molecule has 0 aliphatic rings. The van der Waals surface area contributed by atoms with Crippen molar-refractivity contribution in [1.29, 1.82) is 0 Å². The minimum absolute atomic E-state index is 0.461. The molecule has 0 aromatic heterocycles. The van der Waals surface area contributed by atoms with E-state index in [1.54, 1.807) is 0 Å². The SMILES string of the molecule is CCSC(c1ccccc1)c1ccccc1C. The van der Waals surface area contributed by atoms with Crippen LogP contribution < -0.4 is 0 Å². The van der Waals surface area contributed by atoms with E-state index in [-0.39, 0.29) is 0 Å². The van der Waals surface area contributed by atoms with Crippen LogP contribution in [0.5, 0.6) is 0 Å². The van der Waals surface area contributed by atoms with Crippen LogP contribution in [0.3, 0.4) is 0 Å². The standard InChI is InChI=1S/C16H18S/c1-3-17-16(14-10-5-4-6-11-14)15-12-8-7-9-13(15)2/h4-12,16H,3H2,1-2H3. The summed E-state index contributed by atoms with van der Waals surface area (Å²) in [7, 11) is 0. The zero-order valence-electron chi connectivity index (χ0n) is 10.4. The summed E-state index contributed by atoms with van der Waals surface area (Å²) in [5.74, 6) is 1.13. The molecule has 0 bridgehead atoms. The van der Waals surface area contributed by atoms with Gasteiger partial charge in [-0.2, -0.15) is 0 Å². The monoisotopic (exact) mass is 242 g/mol. The molecule has 88 valence electrons. The molecule has 2 aromatic carbocycles. The Morgan fingerprint density at radius 1 is 0.941 bits per heavy atom. The Labute approximate surface area is 108 Å². The average Bonchev–Trinajstić information content (AvgIpc) is 2.38. The molecule has 1 atom stereocenters. The van der Waals surface area contributed by atoms with Crippen molar-refractivity contribution in [1.82, 2.24) is 0 Å². The van der Waals surface area contributed by atoms with Crippen LogP contribution in [-0.2, 0) is 0 Å². The summed E-state index contributed by atoms with van der Waals surface area (Å²) in [5.41, 5.74) is 4.21. The van der Waals surface area contributed by atoms with Crippen molar-refractivity contribution < 1.29 is 0 Å². The molecule has 1 unspecified atom stereocenters. The fraction of sp³-hybridized carbons (Fsp3) is 0.250. The second-order valence-corrected chi connectivity index (χ2v) is 5.48. The number of hydrogen-bond acceptors (Lipinski definition) is 1. The van der Waals surface area contributed by atoms with Crippen LogP contribution in [0.2, 0.25) is 0 Å². The van der Waals surface area contributed by atoms with E-state index in [1.165, 1.54) is 16.7 Å². The quantitative estimate of drug-likeness (QED) is 0.739. The summed E-state index contributed by atoms with van der Waals surface area (Å²) in [6.45, 7) is 4.42. The Balaban J connectivity index is 2.39. The first kappa shape index (κ1) is 12.3. The number of benzene rings is 2. The van der Waals surface area contributed by atoms with Gasteiger partial charge >= 0.3 is 0 Å². The van der Waals surface area contributed by atoms with Gasteiger partial charge in [-0.25, -0.2) is 0 Å². The zero-order valence-corrected chi connectivity index (χ0v) is 11.2. The van der Waals surface area contributed by atoms with Gasteiger partial charge in [-0.1, -0.05) is 61.5 Å². The van der Waals surface area contributed by atoms with E-state index in [9.17, 15) is 0 Å². The van der Waals surface area contributed by atoms with Crippen molar-refractivity contribution in [3.8, 4) is 0 Å². The van der Waals surface area contributed by atoms with Gasteiger partial charge in [0.25, 0.3) is 0 Å². The molecule has 17 heavy (non-hydrogen) atoms. The topological polar surface area (TPSA) is 0 Å². The Hall–Kier alpha value is -1.21. The van der Waals surface area contributed by atoms with Gasteiger partial charge in [0, 0.05) is 0 Å². The van der Waals surface area contributed by atoms with E-state index in [2.05, 4.69) is 68.4 Å². The van der Waals surface area contributed by atoms with Crippen LogP contribution >= 0.6 is 11.8 Å². The Bertz CT molecular complexity index is 462. The van der Waals surface area contributed by atoms with Crippen LogP contribution in [0, 0.1) is 6.92 Å². The van der Waals surface area contributed by atoms with Crippen LogP contribution in [0.25, 0.3) is 0 Å². The molecule has 0 N–H and O–H groups in total. The van der Waals surface area contributed by atoms with Crippen LogP contribution in [0.4, 0.5) is 0 Å². The lowest BCUT2D eigenvalue weighted by molar-refractivity contribution is 1.12. The van der Waals surface area contributed by atoms with E-state index < -0.39 is 0 Å². The maximum atomic E-state index is 2.25. The molecule has 0 heterocycles. The molecular formula is C16H18S. The molecule has 0 saturated carbocycles. The van der Waals surface area contributed by atoms with Crippen molar-refractivity contribution in [2.75, 3.05) is 5.75 Å². The highest BCUT2D eigenvalue weighted by molar-refractivity contribution is 7.99. The van der Waals surface area contributed by atoms with Gasteiger partial charge in [0.05, 0.1) is 5.25 Å². The average molecular weight is 242 g/mol. The van der Waals surface area contributed by atoms with Gasteiger partial charge in [0.15, 0.2) is 0 Å². The molecule has 0 aliphatic carbocycles. The minimum Gasteiger partial charge on any atom is -0.149 e. The lowest BCUT2D eigenvalue weighted by Gasteiger charge is -2.18. The van der Waals surface area contributed by atoms with Crippen molar-refractivity contribution in [3.63, 3.8) is 0 Å². The Morgan fingerprint density at radius 3 is 2.24 bits per heavy atom. The summed E-state index contributed by atoms with van der Waals surface area (Å²) in [5, 5.41) is 0.461. The molecule has 0 aliphatic heterocycles. The lowest BCUT2D eigenvalue weighted by atomic mass is 10.0. The number of aryl methyl sites for hydroxylation is 1. The summed E-state index contributed by atoms with van der Waals surface area (Å²) < 4.78 is 0. The molecule has 2 aromatic rings. The largest absolute Gasteiger partial charge is 0.149 e. The predicted molar refractivity (Wildman–Crippen MR) is 77.6 cm³/mol. The van der Waals surface area contributed by atoms with Gasteiger partial charge in [0.2, 0.25) is 0 Å². The number of rotatable bonds is 4. The molecular weight excluding hydrogens is 224 g/mol. The number of hydrogen-bond donors (Lipinski definition) is 0. The van der Waals surface area contributed by atoms with Gasteiger partial charge in [-0.15, -0.1) is 11.8 Å². The Morgan fingerprint density at radius 2 is 1.59 bits per heavy atom. The molecule has 0 spiro atoms. The summed E-state index contributed by atoms with van der Waals surface area (Å²) in [6.07, 6.45) is 0. The maximum Gasteiger partial charge on any atom is 0.0549 e. The molecule has 0 saturated heterocycles. The van der Waals surface area contributed by atoms with E-state index in [4.69, 9.17) is 0 Å². The maximum absolute atomic E-state index is 2.25. The minimum atomic E-state index is 0.461. The predicted octanol–water partition coefficient (Wildman–Crippen LogP) is 4.84. The fourth-order valence-corrected chi connectivity index (χ4v) is 3.17. The number of thioether (sulfide) groups is 1. The highest BCUT2D eigenvalue weighted by Crippen LogP contribution is 2.36. The third-order valence-electron chi connectivity index (χ3n) is 2.91. The summed E-state index contributed by atoms with van der Waals surface area (Å²) in [6, 6.07) is 19.4. The third-order valence-corrected chi connectivity index (χ3v) is 4.10. The molecule has 0 fully saturated rings. The van der Waals surface area contributed by atoms with E-state index in [0.29, 0.717) is 5.25 Å². The van der Waals surface area contributed by atoms with Crippen molar-refractivity contribution in [2.24, 2.45) is 0 Å². The highest BCUT2D eigenvalue weighted by atomic mass is 32.2. The first-order valence-corrected chi connectivity index (χ1v) is 7.10. The highest BCUT2D eigenvalue weighted by Gasteiger charge is 2.14. The molecule has 1 heteroatoms. The third kappa shape index (κ3) is 2.92. The van der Waals surface area contributed by atoms with Crippen molar-refractivity contribution >= 4 is 11.8 Å². The van der Waals surface area contributed by atoms with Gasteiger partial charge in [-0.05, 0) is 29.4 Å². The van der Waals surface area contributed by atoms with Gasteiger partial charge in [-0.3, -0.25) is 0 Å². The van der Waals surface area contributed by atoms with Gasteiger partial charge < -0.3 is 0 Å². The van der Waals surface area contributed by atoms with E-state index in [1.807, 2.05) is 11.8 Å². The normalized spacial score (nSPS) is 12.4. The molecule has 0 radical (unpaired) electrons. The van der Waals surface area contributed by atoms with Crippen molar-refractivity contribution in [2.45, 2.75) is 19.1 Å². The van der Waals surface area contributed by atoms with Crippen LogP contribution in [0.15, 0.2) is 54.6 Å². The van der Waals surface area contributed by atoms with Gasteiger partial charge in [0.1, 0.15) is 0 Å².